The molecule has 1 unspecified atom stereocenters. The number of aliphatic hydroxyl groups is 1. The summed E-state index contributed by atoms with van der Waals surface area (Å²) >= 11 is 1.62. The van der Waals surface area contributed by atoms with Gasteiger partial charge in [-0.25, -0.2) is 0 Å². The van der Waals surface area contributed by atoms with E-state index in [1.165, 1.54) is 11.3 Å². The van der Waals surface area contributed by atoms with Crippen molar-refractivity contribution in [1.29, 1.82) is 0 Å². The maximum Gasteiger partial charge on any atom is 0.143 e. The molecule has 1 atom stereocenters. The minimum Gasteiger partial charge on any atom is -0.490 e. The summed E-state index contributed by atoms with van der Waals surface area (Å²) in [6.45, 7) is 7.79. The number of pyridine rings is 1. The summed E-state index contributed by atoms with van der Waals surface area (Å²) in [4.78, 5) is 7.95. The predicted octanol–water partition coefficient (Wildman–Crippen LogP) is 4.04. The van der Waals surface area contributed by atoms with E-state index in [0.29, 0.717) is 6.04 Å². The molecule has 4 heterocycles. The van der Waals surface area contributed by atoms with Crippen molar-refractivity contribution in [1.82, 2.24) is 10.3 Å². The van der Waals surface area contributed by atoms with E-state index >= 15 is 0 Å². The standard InChI is InChI=1S/C20H21N3O2S.C2H6/c24-12-14-10-17-20(26-14)16(5-7-22-17)15-2-1-3-18-19(15)23(8-9-25-18)13-4-6-21-11-13;1-2/h1-3,5,7,10,13,21,24H,4,6,8-9,11-12H2;1-2H3. The number of nitrogens with zero attached hydrogens (tertiary/aromatic N) is 2. The van der Waals surface area contributed by atoms with Gasteiger partial charge in [0, 0.05) is 34.8 Å². The first-order chi connectivity index (χ1) is 13.8. The van der Waals surface area contributed by atoms with E-state index in [9.17, 15) is 5.11 Å². The molecule has 0 spiro atoms. The average molecular weight is 398 g/mol. The van der Waals surface area contributed by atoms with E-state index in [2.05, 4.69) is 39.5 Å². The maximum atomic E-state index is 9.53. The average Bonchev–Trinajstić information content (AvgIpc) is 3.43. The third kappa shape index (κ3) is 3.36. The van der Waals surface area contributed by atoms with Crippen molar-refractivity contribution in [2.45, 2.75) is 32.9 Å². The van der Waals surface area contributed by atoms with Gasteiger partial charge in [0.2, 0.25) is 0 Å². The first-order valence-electron chi connectivity index (χ1n) is 10.1. The lowest BCUT2D eigenvalue weighted by molar-refractivity contribution is 0.285. The van der Waals surface area contributed by atoms with Crippen LogP contribution in [-0.2, 0) is 6.61 Å². The van der Waals surface area contributed by atoms with Gasteiger partial charge in [-0.3, -0.25) is 4.98 Å². The monoisotopic (exact) mass is 397 g/mol. The van der Waals surface area contributed by atoms with Crippen LogP contribution in [0.15, 0.2) is 36.5 Å². The van der Waals surface area contributed by atoms with E-state index in [-0.39, 0.29) is 6.61 Å². The molecule has 0 radical (unpaired) electrons. The number of hydrogen-bond acceptors (Lipinski definition) is 6. The number of thiophene rings is 1. The number of hydrogen-bond donors (Lipinski definition) is 2. The van der Waals surface area contributed by atoms with Crippen molar-refractivity contribution in [3.05, 3.63) is 41.4 Å². The second kappa shape index (κ2) is 8.47. The molecule has 0 saturated carbocycles. The number of ether oxygens (including phenoxy) is 1. The zero-order valence-corrected chi connectivity index (χ0v) is 17.3. The molecule has 1 fully saturated rings. The lowest BCUT2D eigenvalue weighted by Crippen LogP contribution is -2.42. The molecule has 1 saturated heterocycles. The molecule has 3 aromatic rings. The fraction of sp³-hybridized carbons (Fsp3) is 0.409. The van der Waals surface area contributed by atoms with E-state index in [1.54, 1.807) is 11.3 Å². The molecule has 2 aliphatic heterocycles. The maximum absolute atomic E-state index is 9.53. The molecule has 1 aromatic carbocycles. The van der Waals surface area contributed by atoms with Crippen LogP contribution in [0.25, 0.3) is 21.3 Å². The van der Waals surface area contributed by atoms with Crippen molar-refractivity contribution < 1.29 is 9.84 Å². The quantitative estimate of drug-likeness (QED) is 0.698. The van der Waals surface area contributed by atoms with Gasteiger partial charge >= 0.3 is 0 Å². The van der Waals surface area contributed by atoms with Crippen LogP contribution in [0.2, 0.25) is 0 Å². The second-order valence-electron chi connectivity index (χ2n) is 6.78. The van der Waals surface area contributed by atoms with Crippen LogP contribution in [0.5, 0.6) is 5.75 Å². The van der Waals surface area contributed by atoms with Gasteiger partial charge in [0.15, 0.2) is 0 Å². The molecule has 0 aliphatic carbocycles. The minimum atomic E-state index is 0.0519. The number of para-hydroxylation sites is 1. The predicted molar refractivity (Wildman–Crippen MR) is 116 cm³/mol. The van der Waals surface area contributed by atoms with Crippen LogP contribution in [0, 0.1) is 0 Å². The lowest BCUT2D eigenvalue weighted by Gasteiger charge is -2.37. The van der Waals surface area contributed by atoms with E-state index in [4.69, 9.17) is 4.74 Å². The molecular weight excluding hydrogens is 370 g/mol. The normalized spacial score (nSPS) is 18.4. The highest BCUT2D eigenvalue weighted by atomic mass is 32.1. The van der Waals surface area contributed by atoms with Crippen molar-refractivity contribution in [3.8, 4) is 16.9 Å². The number of aliphatic hydroxyl groups excluding tert-OH is 1. The van der Waals surface area contributed by atoms with Crippen LogP contribution in [0.1, 0.15) is 25.1 Å². The number of fused-ring (bicyclic) bond motifs is 2. The molecule has 5 rings (SSSR count). The number of rotatable bonds is 3. The molecular formula is C22H27N3O2S. The van der Waals surface area contributed by atoms with Crippen LogP contribution in [0.4, 0.5) is 5.69 Å². The Morgan fingerprint density at radius 1 is 1.29 bits per heavy atom. The minimum absolute atomic E-state index is 0.0519. The summed E-state index contributed by atoms with van der Waals surface area (Å²) in [7, 11) is 0. The van der Waals surface area contributed by atoms with Crippen molar-refractivity contribution in [3.63, 3.8) is 0 Å². The molecule has 0 amide bonds. The first kappa shape index (κ1) is 19.2. The lowest BCUT2D eigenvalue weighted by atomic mass is 10.0. The molecule has 2 N–H and O–H groups in total. The fourth-order valence-corrected chi connectivity index (χ4v) is 5.07. The van der Waals surface area contributed by atoms with Crippen molar-refractivity contribution in [2.24, 2.45) is 0 Å². The first-order valence-corrected chi connectivity index (χ1v) is 10.9. The second-order valence-corrected chi connectivity index (χ2v) is 7.92. The topological polar surface area (TPSA) is 57.6 Å². The SMILES string of the molecule is CC.OCc1cc2nccc(-c3cccc4c3N(C3CCNC3)CCO4)c2s1. The Kier molecular flexibility index (Phi) is 5.80. The van der Waals surface area contributed by atoms with Crippen LogP contribution in [-0.4, -0.2) is 42.4 Å². The Bertz CT molecular complexity index is 950. The van der Waals surface area contributed by atoms with Gasteiger partial charge in [-0.1, -0.05) is 26.0 Å². The Morgan fingerprint density at radius 3 is 2.96 bits per heavy atom. The third-order valence-corrected chi connectivity index (χ3v) is 6.40. The summed E-state index contributed by atoms with van der Waals surface area (Å²) in [5.74, 6) is 0.963. The molecule has 6 heteroatoms. The fourth-order valence-electron chi connectivity index (χ4n) is 4.07. The van der Waals surface area contributed by atoms with E-state index < -0.39 is 0 Å². The van der Waals surface area contributed by atoms with Crippen LogP contribution < -0.4 is 15.0 Å². The molecule has 2 aromatic heterocycles. The Balaban J connectivity index is 0.000000932. The zero-order valence-electron chi connectivity index (χ0n) is 16.4. The van der Waals surface area contributed by atoms with Gasteiger partial charge in [-0.2, -0.15) is 0 Å². The highest BCUT2D eigenvalue weighted by molar-refractivity contribution is 7.19. The van der Waals surface area contributed by atoms with Gasteiger partial charge in [-0.15, -0.1) is 11.3 Å². The third-order valence-electron chi connectivity index (χ3n) is 5.26. The Labute approximate surface area is 170 Å². The molecule has 2 aliphatic rings. The summed E-state index contributed by atoms with van der Waals surface area (Å²) < 4.78 is 7.12. The Hall–Kier alpha value is -2.15. The summed E-state index contributed by atoms with van der Waals surface area (Å²) in [6.07, 6.45) is 3.02. The highest BCUT2D eigenvalue weighted by Crippen LogP contribution is 2.45. The van der Waals surface area contributed by atoms with E-state index in [1.807, 2.05) is 26.1 Å². The van der Waals surface area contributed by atoms with Gasteiger partial charge in [0.05, 0.1) is 29.1 Å². The van der Waals surface area contributed by atoms with E-state index in [0.717, 1.165) is 59.1 Å². The van der Waals surface area contributed by atoms with Crippen LogP contribution in [0.3, 0.4) is 0 Å². The largest absolute Gasteiger partial charge is 0.490 e. The van der Waals surface area contributed by atoms with Crippen LogP contribution >= 0.6 is 11.3 Å². The number of benzene rings is 1. The van der Waals surface area contributed by atoms with Crippen molar-refractivity contribution in [2.75, 3.05) is 31.1 Å². The zero-order chi connectivity index (χ0) is 19.5. The molecule has 0 bridgehead atoms. The van der Waals surface area contributed by atoms with Gasteiger partial charge in [0.1, 0.15) is 12.4 Å². The summed E-state index contributed by atoms with van der Waals surface area (Å²) in [5.41, 5.74) is 4.49. The summed E-state index contributed by atoms with van der Waals surface area (Å²) in [6, 6.07) is 10.9. The molecule has 28 heavy (non-hydrogen) atoms. The number of anilines is 1. The van der Waals surface area contributed by atoms with Crippen molar-refractivity contribution >= 4 is 27.2 Å². The highest BCUT2D eigenvalue weighted by Gasteiger charge is 2.30. The smallest absolute Gasteiger partial charge is 0.143 e. The van der Waals surface area contributed by atoms with Gasteiger partial charge in [-0.05, 0) is 31.2 Å². The summed E-state index contributed by atoms with van der Waals surface area (Å²) in [5, 5.41) is 13.0. The number of aromatic nitrogens is 1. The number of nitrogens with one attached hydrogen (secondary N) is 1. The van der Waals surface area contributed by atoms with Gasteiger partial charge < -0.3 is 20.1 Å². The molecule has 148 valence electrons. The molecule has 5 nitrogen and oxygen atoms in total. The Morgan fingerprint density at radius 2 is 2.18 bits per heavy atom. The van der Waals surface area contributed by atoms with Gasteiger partial charge in [0.25, 0.3) is 0 Å².